The lowest BCUT2D eigenvalue weighted by molar-refractivity contribution is -0.156. The van der Waals surface area contributed by atoms with E-state index in [1.165, 1.54) is 0 Å². The molecule has 2 unspecified atom stereocenters. The van der Waals surface area contributed by atoms with Gasteiger partial charge in [0.05, 0.1) is 0 Å². The Bertz CT molecular complexity index is 314. The molecule has 0 bridgehead atoms. The summed E-state index contributed by atoms with van der Waals surface area (Å²) in [4.78, 5) is 27.6. The predicted octanol–water partition coefficient (Wildman–Crippen LogP) is 0.864. The van der Waals surface area contributed by atoms with Gasteiger partial charge in [-0.2, -0.15) is 0 Å². The highest BCUT2D eigenvalue weighted by atomic mass is 16.2. The molecule has 0 N–H and O–H groups in total. The van der Waals surface area contributed by atoms with Crippen LogP contribution in [0.25, 0.3) is 0 Å². The summed E-state index contributed by atoms with van der Waals surface area (Å²) in [5, 5.41) is 0. The van der Waals surface area contributed by atoms with Crippen molar-refractivity contribution in [3.63, 3.8) is 0 Å². The fraction of sp³-hybridized carbons (Fsp3) is 0.833. The first-order valence-corrected chi connectivity index (χ1v) is 6.12. The number of carbonyl (C=O) groups is 2. The number of amides is 2. The number of piperazine rings is 1. The van der Waals surface area contributed by atoms with Gasteiger partial charge in [0.1, 0.15) is 12.6 Å². The van der Waals surface area contributed by atoms with E-state index in [0.29, 0.717) is 5.92 Å². The largest absolute Gasteiger partial charge is 0.329 e. The van der Waals surface area contributed by atoms with E-state index in [9.17, 15) is 9.59 Å². The number of nitrogens with zero attached hydrogens (tertiary/aromatic N) is 2. The van der Waals surface area contributed by atoms with E-state index < -0.39 is 0 Å². The van der Waals surface area contributed by atoms with Crippen LogP contribution in [0.3, 0.4) is 0 Å². The zero-order valence-electron chi connectivity index (χ0n) is 10.3. The Morgan fingerprint density at radius 3 is 2.56 bits per heavy atom. The fourth-order valence-corrected chi connectivity index (χ4v) is 2.53. The number of hydrogen-bond acceptors (Lipinski definition) is 2. The Balaban J connectivity index is 2.17. The monoisotopic (exact) mass is 224 g/mol. The second-order valence-corrected chi connectivity index (χ2v) is 5.20. The van der Waals surface area contributed by atoms with Crippen molar-refractivity contribution in [2.24, 2.45) is 5.92 Å². The predicted molar refractivity (Wildman–Crippen MR) is 60.7 cm³/mol. The molecule has 2 rings (SSSR count). The third-order valence-corrected chi connectivity index (χ3v) is 3.90. The highest BCUT2D eigenvalue weighted by molar-refractivity contribution is 5.95. The molecular weight excluding hydrogens is 204 g/mol. The molecule has 2 saturated heterocycles. The summed E-state index contributed by atoms with van der Waals surface area (Å²) >= 11 is 0. The van der Waals surface area contributed by atoms with Gasteiger partial charge in [-0.25, -0.2) is 0 Å². The van der Waals surface area contributed by atoms with Gasteiger partial charge in [0.15, 0.2) is 0 Å². The van der Waals surface area contributed by atoms with Crippen LogP contribution in [0.5, 0.6) is 0 Å². The molecule has 90 valence electrons. The summed E-state index contributed by atoms with van der Waals surface area (Å²) in [6.45, 7) is 7.24. The van der Waals surface area contributed by atoms with Gasteiger partial charge in [0, 0.05) is 12.6 Å². The van der Waals surface area contributed by atoms with Gasteiger partial charge in [-0.1, -0.05) is 13.8 Å². The number of rotatable bonds is 2. The summed E-state index contributed by atoms with van der Waals surface area (Å²) in [5.74, 6) is 0.664. The summed E-state index contributed by atoms with van der Waals surface area (Å²) in [7, 11) is 0. The Morgan fingerprint density at radius 1 is 1.25 bits per heavy atom. The molecule has 16 heavy (non-hydrogen) atoms. The molecule has 0 aromatic heterocycles. The maximum atomic E-state index is 12.2. The Morgan fingerprint density at radius 2 is 1.94 bits per heavy atom. The van der Waals surface area contributed by atoms with Gasteiger partial charge in [-0.05, 0) is 25.7 Å². The minimum Gasteiger partial charge on any atom is -0.329 e. The lowest BCUT2D eigenvalue weighted by Gasteiger charge is -2.40. The zero-order valence-corrected chi connectivity index (χ0v) is 10.3. The summed E-state index contributed by atoms with van der Waals surface area (Å²) < 4.78 is 0. The van der Waals surface area contributed by atoms with Crippen LogP contribution in [-0.2, 0) is 9.59 Å². The maximum Gasteiger partial charge on any atom is 0.246 e. The molecule has 2 fully saturated rings. The van der Waals surface area contributed by atoms with Crippen molar-refractivity contribution < 1.29 is 9.59 Å². The molecule has 0 spiro atoms. The van der Waals surface area contributed by atoms with Crippen LogP contribution in [0.15, 0.2) is 0 Å². The second-order valence-electron chi connectivity index (χ2n) is 5.20. The summed E-state index contributed by atoms with van der Waals surface area (Å²) in [5.41, 5.74) is 0. The number of hydrogen-bond donors (Lipinski definition) is 0. The summed E-state index contributed by atoms with van der Waals surface area (Å²) in [6.07, 6.45) is 1.80. The minimum absolute atomic E-state index is 0.120. The molecule has 4 nitrogen and oxygen atoms in total. The smallest absolute Gasteiger partial charge is 0.246 e. The Hall–Kier alpha value is -1.06. The van der Waals surface area contributed by atoms with E-state index in [1.54, 1.807) is 9.80 Å². The van der Waals surface area contributed by atoms with Gasteiger partial charge in [0.2, 0.25) is 11.8 Å². The third kappa shape index (κ3) is 1.70. The molecule has 2 aliphatic heterocycles. The van der Waals surface area contributed by atoms with Crippen molar-refractivity contribution in [2.75, 3.05) is 13.1 Å². The average Bonchev–Trinajstić information content (AvgIpc) is 2.71. The van der Waals surface area contributed by atoms with Crippen LogP contribution >= 0.6 is 0 Å². The van der Waals surface area contributed by atoms with Crippen LogP contribution in [0, 0.1) is 5.92 Å². The minimum atomic E-state index is -0.164. The highest BCUT2D eigenvalue weighted by Crippen LogP contribution is 2.26. The fourth-order valence-electron chi connectivity index (χ4n) is 2.53. The van der Waals surface area contributed by atoms with E-state index in [1.807, 2.05) is 6.92 Å². The van der Waals surface area contributed by atoms with Gasteiger partial charge in [-0.15, -0.1) is 0 Å². The standard InChI is InChI=1S/C12H20N2O2/c1-8(2)9(3)14-7-11(15)13-6-4-5-10(13)12(14)16/h8-10H,4-7H2,1-3H3. The molecule has 4 heteroatoms. The zero-order chi connectivity index (χ0) is 11.9. The molecule has 0 aromatic carbocycles. The van der Waals surface area contributed by atoms with Crippen LogP contribution < -0.4 is 0 Å². The molecule has 2 heterocycles. The molecule has 0 aromatic rings. The van der Waals surface area contributed by atoms with E-state index in [0.717, 1.165) is 19.4 Å². The Kier molecular flexibility index (Phi) is 2.91. The van der Waals surface area contributed by atoms with E-state index in [-0.39, 0.29) is 30.4 Å². The maximum absolute atomic E-state index is 12.2. The topological polar surface area (TPSA) is 40.6 Å². The number of carbonyl (C=O) groups excluding carboxylic acids is 2. The summed E-state index contributed by atoms with van der Waals surface area (Å²) in [6, 6.07) is -0.0124. The lowest BCUT2D eigenvalue weighted by atomic mass is 10.0. The van der Waals surface area contributed by atoms with E-state index in [2.05, 4.69) is 13.8 Å². The van der Waals surface area contributed by atoms with Crippen LogP contribution in [0.4, 0.5) is 0 Å². The van der Waals surface area contributed by atoms with E-state index in [4.69, 9.17) is 0 Å². The SMILES string of the molecule is CC(C)C(C)N1CC(=O)N2CCCC2C1=O. The molecule has 0 aliphatic carbocycles. The van der Waals surface area contributed by atoms with Crippen molar-refractivity contribution in [1.82, 2.24) is 9.80 Å². The van der Waals surface area contributed by atoms with Gasteiger partial charge < -0.3 is 9.80 Å². The van der Waals surface area contributed by atoms with Gasteiger partial charge in [0.25, 0.3) is 0 Å². The second kappa shape index (κ2) is 4.07. The van der Waals surface area contributed by atoms with Crippen LogP contribution in [0.1, 0.15) is 33.6 Å². The first kappa shape index (κ1) is 11.4. The van der Waals surface area contributed by atoms with Crippen LogP contribution in [-0.4, -0.2) is 46.8 Å². The molecule has 0 radical (unpaired) electrons. The quantitative estimate of drug-likeness (QED) is 0.698. The van der Waals surface area contributed by atoms with Gasteiger partial charge >= 0.3 is 0 Å². The lowest BCUT2D eigenvalue weighted by Crippen LogP contribution is -2.60. The number of fused-ring (bicyclic) bond motifs is 1. The van der Waals surface area contributed by atoms with Crippen molar-refractivity contribution in [3.8, 4) is 0 Å². The van der Waals surface area contributed by atoms with E-state index >= 15 is 0 Å². The molecule has 2 atom stereocenters. The van der Waals surface area contributed by atoms with Crippen molar-refractivity contribution in [2.45, 2.75) is 45.7 Å². The molecular formula is C12H20N2O2. The average molecular weight is 224 g/mol. The van der Waals surface area contributed by atoms with Crippen molar-refractivity contribution in [3.05, 3.63) is 0 Å². The highest BCUT2D eigenvalue weighted by Gasteiger charge is 2.43. The first-order chi connectivity index (χ1) is 7.52. The Labute approximate surface area is 96.6 Å². The normalized spacial score (nSPS) is 27.6. The third-order valence-electron chi connectivity index (χ3n) is 3.90. The first-order valence-electron chi connectivity index (χ1n) is 6.12. The van der Waals surface area contributed by atoms with Crippen molar-refractivity contribution in [1.29, 1.82) is 0 Å². The van der Waals surface area contributed by atoms with Crippen molar-refractivity contribution >= 4 is 11.8 Å². The van der Waals surface area contributed by atoms with Crippen LogP contribution in [0.2, 0.25) is 0 Å². The molecule has 2 aliphatic rings. The molecule has 2 amide bonds. The van der Waals surface area contributed by atoms with Gasteiger partial charge in [-0.3, -0.25) is 9.59 Å². The molecule has 0 saturated carbocycles.